The Kier molecular flexibility index (Phi) is 7.01. The molecule has 1 aliphatic rings. The summed E-state index contributed by atoms with van der Waals surface area (Å²) in [6.45, 7) is 6.04. The highest BCUT2D eigenvalue weighted by atomic mass is 16.5. The smallest absolute Gasteiger partial charge is 0.300 e. The first kappa shape index (κ1) is 24.9. The second kappa shape index (κ2) is 10.2. The second-order valence-corrected chi connectivity index (χ2v) is 8.56. The first-order valence-corrected chi connectivity index (χ1v) is 11.6. The van der Waals surface area contributed by atoms with E-state index in [0.29, 0.717) is 40.7 Å². The van der Waals surface area contributed by atoms with E-state index in [1.165, 1.54) is 12.0 Å². The Hall–Kier alpha value is -4.26. The number of amides is 1. The summed E-state index contributed by atoms with van der Waals surface area (Å²) < 4.78 is 16.6. The predicted octanol–water partition coefficient (Wildman–Crippen LogP) is 5.35. The van der Waals surface area contributed by atoms with Crippen LogP contribution in [0.2, 0.25) is 0 Å². The Labute approximate surface area is 210 Å². The molecule has 3 aromatic carbocycles. The van der Waals surface area contributed by atoms with Crippen molar-refractivity contribution in [2.75, 3.05) is 25.7 Å². The quantitative estimate of drug-likeness (QED) is 0.275. The summed E-state index contributed by atoms with van der Waals surface area (Å²) in [7, 11) is 3.03. The van der Waals surface area contributed by atoms with E-state index < -0.39 is 17.7 Å². The molecule has 0 aliphatic carbocycles. The van der Waals surface area contributed by atoms with Crippen LogP contribution >= 0.6 is 0 Å². The Balaban J connectivity index is 2.01. The van der Waals surface area contributed by atoms with Crippen molar-refractivity contribution in [3.63, 3.8) is 0 Å². The van der Waals surface area contributed by atoms with Gasteiger partial charge in [0.15, 0.2) is 11.5 Å². The number of anilines is 1. The molecule has 1 aliphatic heterocycles. The van der Waals surface area contributed by atoms with Gasteiger partial charge < -0.3 is 19.3 Å². The molecule has 4 rings (SSSR count). The monoisotopic (exact) mass is 487 g/mol. The van der Waals surface area contributed by atoms with E-state index in [4.69, 9.17) is 14.2 Å². The molecule has 1 amide bonds. The number of carbonyl (C=O) groups excluding carboxylic acids is 2. The van der Waals surface area contributed by atoms with Crippen molar-refractivity contribution in [1.29, 1.82) is 0 Å². The molecule has 3 aromatic rings. The van der Waals surface area contributed by atoms with E-state index in [1.54, 1.807) is 43.5 Å². The van der Waals surface area contributed by atoms with Gasteiger partial charge in [0.25, 0.3) is 11.7 Å². The van der Waals surface area contributed by atoms with E-state index in [0.717, 1.165) is 11.1 Å². The molecule has 0 saturated carbocycles. The summed E-state index contributed by atoms with van der Waals surface area (Å²) in [6.07, 6.45) is 0. The van der Waals surface area contributed by atoms with Crippen LogP contribution in [0.1, 0.15) is 35.2 Å². The zero-order chi connectivity index (χ0) is 26.0. The maximum Gasteiger partial charge on any atom is 0.300 e. The lowest BCUT2D eigenvalue weighted by Gasteiger charge is -2.26. The van der Waals surface area contributed by atoms with Crippen molar-refractivity contribution in [3.05, 3.63) is 88.5 Å². The lowest BCUT2D eigenvalue weighted by atomic mass is 9.94. The zero-order valence-corrected chi connectivity index (χ0v) is 21.0. The van der Waals surface area contributed by atoms with Gasteiger partial charge in [0.2, 0.25) is 0 Å². The highest BCUT2D eigenvalue weighted by Gasteiger charge is 2.47. The van der Waals surface area contributed by atoms with Crippen molar-refractivity contribution in [1.82, 2.24) is 0 Å². The van der Waals surface area contributed by atoms with Gasteiger partial charge in [-0.15, -0.1) is 0 Å². The van der Waals surface area contributed by atoms with Gasteiger partial charge in [-0.25, -0.2) is 0 Å². The number of nitrogens with zero attached hydrogens (tertiary/aromatic N) is 1. The number of Topliss-reactive ketones (excluding diaryl/α,β-unsaturated/α-hetero) is 1. The molecule has 1 atom stereocenters. The molecular weight excluding hydrogens is 458 g/mol. The molecule has 0 bridgehead atoms. The van der Waals surface area contributed by atoms with Crippen molar-refractivity contribution in [3.8, 4) is 17.2 Å². The van der Waals surface area contributed by atoms with Gasteiger partial charge in [0.05, 0.1) is 38.0 Å². The molecule has 36 heavy (non-hydrogen) atoms. The number of methoxy groups -OCH3 is 2. The van der Waals surface area contributed by atoms with Crippen LogP contribution in [0.5, 0.6) is 17.2 Å². The average molecular weight is 488 g/mol. The first-order valence-electron chi connectivity index (χ1n) is 11.6. The number of hydrogen-bond acceptors (Lipinski definition) is 6. The number of carbonyl (C=O) groups is 2. The maximum absolute atomic E-state index is 13.5. The SMILES string of the molecule is CCOc1cc(C2/C(=C(\O)c3cc(C)ccc3OC)C(=O)C(=O)N2c2cccc(C)c2)ccc1OC. The number of ether oxygens (including phenoxy) is 3. The van der Waals surface area contributed by atoms with Crippen LogP contribution in [0.15, 0.2) is 66.2 Å². The highest BCUT2D eigenvalue weighted by Crippen LogP contribution is 2.45. The van der Waals surface area contributed by atoms with Crippen molar-refractivity contribution in [2.24, 2.45) is 0 Å². The summed E-state index contributed by atoms with van der Waals surface area (Å²) in [5.41, 5.74) is 3.24. The molecule has 7 heteroatoms. The Bertz CT molecular complexity index is 1360. The average Bonchev–Trinajstić information content (AvgIpc) is 3.14. The maximum atomic E-state index is 13.5. The van der Waals surface area contributed by atoms with Crippen molar-refractivity contribution < 1.29 is 28.9 Å². The third kappa shape index (κ3) is 4.40. The van der Waals surface area contributed by atoms with Crippen LogP contribution in [-0.2, 0) is 9.59 Å². The molecule has 1 saturated heterocycles. The number of rotatable bonds is 7. The minimum absolute atomic E-state index is 0.0296. The van der Waals surface area contributed by atoms with Crippen LogP contribution in [0.4, 0.5) is 5.69 Å². The molecule has 7 nitrogen and oxygen atoms in total. The summed E-state index contributed by atoms with van der Waals surface area (Å²) in [6, 6.07) is 17.0. The van der Waals surface area contributed by atoms with E-state index in [-0.39, 0.29) is 11.3 Å². The van der Waals surface area contributed by atoms with Crippen LogP contribution in [0.25, 0.3) is 5.76 Å². The molecule has 0 spiro atoms. The fourth-order valence-corrected chi connectivity index (χ4v) is 4.48. The van der Waals surface area contributed by atoms with Gasteiger partial charge in [-0.1, -0.05) is 29.8 Å². The van der Waals surface area contributed by atoms with Crippen LogP contribution in [0, 0.1) is 13.8 Å². The van der Waals surface area contributed by atoms with Crippen LogP contribution < -0.4 is 19.1 Å². The topological polar surface area (TPSA) is 85.3 Å². The summed E-state index contributed by atoms with van der Waals surface area (Å²) >= 11 is 0. The fraction of sp³-hybridized carbons (Fsp3) is 0.241. The molecular formula is C29H29NO6. The van der Waals surface area contributed by atoms with Crippen LogP contribution in [0.3, 0.4) is 0 Å². The number of aryl methyl sites for hydroxylation is 2. The van der Waals surface area contributed by atoms with Gasteiger partial charge >= 0.3 is 0 Å². The number of hydrogen-bond donors (Lipinski definition) is 1. The number of aliphatic hydroxyl groups excluding tert-OH is 1. The largest absolute Gasteiger partial charge is 0.507 e. The Morgan fingerprint density at radius 2 is 1.58 bits per heavy atom. The minimum atomic E-state index is -0.901. The minimum Gasteiger partial charge on any atom is -0.507 e. The Morgan fingerprint density at radius 3 is 2.25 bits per heavy atom. The first-order chi connectivity index (χ1) is 17.3. The summed E-state index contributed by atoms with van der Waals surface area (Å²) in [4.78, 5) is 28.3. The van der Waals surface area contributed by atoms with Crippen molar-refractivity contribution >= 4 is 23.1 Å². The van der Waals surface area contributed by atoms with E-state index in [2.05, 4.69) is 0 Å². The van der Waals surface area contributed by atoms with Crippen molar-refractivity contribution in [2.45, 2.75) is 26.8 Å². The van der Waals surface area contributed by atoms with Gasteiger partial charge in [-0.3, -0.25) is 14.5 Å². The molecule has 1 unspecified atom stereocenters. The van der Waals surface area contributed by atoms with E-state index >= 15 is 0 Å². The normalized spacial score (nSPS) is 16.8. The molecule has 1 N–H and O–H groups in total. The lowest BCUT2D eigenvalue weighted by molar-refractivity contribution is -0.132. The molecule has 186 valence electrons. The molecule has 1 heterocycles. The predicted molar refractivity (Wildman–Crippen MR) is 138 cm³/mol. The standard InChI is InChI=1S/C29H29NO6/c1-6-36-24-16-19(11-13-23(24)35-5)26-25(27(31)21-15-18(3)10-12-22(21)34-4)28(32)29(33)30(26)20-9-7-8-17(2)14-20/h7-16,26,31H,6H2,1-5H3/b27-25+. The summed E-state index contributed by atoms with van der Waals surface area (Å²) in [5, 5.41) is 11.5. The third-order valence-electron chi connectivity index (χ3n) is 6.14. The van der Waals surface area contributed by atoms with E-state index in [1.807, 2.05) is 45.0 Å². The second-order valence-electron chi connectivity index (χ2n) is 8.56. The van der Waals surface area contributed by atoms with Gasteiger partial charge in [0, 0.05) is 5.69 Å². The Morgan fingerprint density at radius 1 is 0.889 bits per heavy atom. The molecule has 0 aromatic heterocycles. The number of benzene rings is 3. The molecule has 0 radical (unpaired) electrons. The lowest BCUT2D eigenvalue weighted by Crippen LogP contribution is -2.29. The van der Waals surface area contributed by atoms with Gasteiger partial charge in [-0.2, -0.15) is 0 Å². The van der Waals surface area contributed by atoms with Crippen LogP contribution in [-0.4, -0.2) is 37.6 Å². The third-order valence-corrected chi connectivity index (χ3v) is 6.14. The summed E-state index contributed by atoms with van der Waals surface area (Å²) in [5.74, 6) is -0.427. The number of aliphatic hydroxyl groups is 1. The van der Waals surface area contributed by atoms with Gasteiger partial charge in [0.1, 0.15) is 11.5 Å². The van der Waals surface area contributed by atoms with E-state index in [9.17, 15) is 14.7 Å². The molecule has 1 fully saturated rings. The zero-order valence-electron chi connectivity index (χ0n) is 21.0. The van der Waals surface area contributed by atoms with Gasteiger partial charge in [-0.05, 0) is 68.3 Å². The fourth-order valence-electron chi connectivity index (χ4n) is 4.48. The number of ketones is 1. The highest BCUT2D eigenvalue weighted by molar-refractivity contribution is 6.51.